The molecule has 1 heterocycles. The molecule has 0 unspecified atom stereocenters. The average molecular weight is 163 g/mol. The summed E-state index contributed by atoms with van der Waals surface area (Å²) in [5.41, 5.74) is -0.285. The number of aromatic amines is 1. The van der Waals surface area contributed by atoms with Gasteiger partial charge in [-0.05, 0) is 6.07 Å². The Labute approximate surface area is 67.7 Å². The van der Waals surface area contributed by atoms with Crippen molar-refractivity contribution in [3.8, 4) is 0 Å². The molecule has 2 aromatic rings. The molecule has 0 spiro atoms. The number of hydrogen-bond donors (Lipinski definition) is 1. The Morgan fingerprint density at radius 1 is 1.33 bits per heavy atom. The molecule has 0 fully saturated rings. The molecular weight excluding hydrogens is 157 g/mol. The van der Waals surface area contributed by atoms with Crippen LogP contribution in [0.15, 0.2) is 35.3 Å². The first-order valence-electron chi connectivity index (χ1n) is 3.54. The molecule has 12 heavy (non-hydrogen) atoms. The van der Waals surface area contributed by atoms with Crippen molar-refractivity contribution in [2.75, 3.05) is 0 Å². The fourth-order valence-corrected chi connectivity index (χ4v) is 1.15. The molecule has 0 bridgehead atoms. The van der Waals surface area contributed by atoms with Gasteiger partial charge in [-0.25, -0.2) is 4.39 Å². The highest BCUT2D eigenvalue weighted by molar-refractivity contribution is 5.81. The Morgan fingerprint density at radius 3 is 3.00 bits per heavy atom. The number of benzene rings is 1. The van der Waals surface area contributed by atoms with Crippen molar-refractivity contribution < 1.29 is 4.39 Å². The molecule has 0 saturated carbocycles. The topological polar surface area (TPSA) is 32.9 Å². The molecular formula is C9H6FNO. The van der Waals surface area contributed by atoms with Crippen molar-refractivity contribution >= 4 is 10.8 Å². The third kappa shape index (κ3) is 0.993. The highest BCUT2D eigenvalue weighted by Gasteiger charge is 1.98. The van der Waals surface area contributed by atoms with E-state index in [1.807, 2.05) is 0 Å². The van der Waals surface area contributed by atoms with Crippen LogP contribution in [0.25, 0.3) is 10.8 Å². The van der Waals surface area contributed by atoms with Crippen LogP contribution >= 0.6 is 0 Å². The van der Waals surface area contributed by atoms with Gasteiger partial charge >= 0.3 is 0 Å². The summed E-state index contributed by atoms with van der Waals surface area (Å²) in [6.07, 6.45) is 1.50. The van der Waals surface area contributed by atoms with E-state index in [1.165, 1.54) is 18.3 Å². The summed E-state index contributed by atoms with van der Waals surface area (Å²) in [5.74, 6) is -0.362. The van der Waals surface area contributed by atoms with Gasteiger partial charge in [0, 0.05) is 23.0 Å². The molecule has 1 aromatic heterocycles. The van der Waals surface area contributed by atoms with E-state index in [0.717, 1.165) is 0 Å². The second kappa shape index (κ2) is 2.44. The lowest BCUT2D eigenvalue weighted by molar-refractivity contribution is 0.639. The van der Waals surface area contributed by atoms with E-state index in [4.69, 9.17) is 0 Å². The van der Waals surface area contributed by atoms with Gasteiger partial charge in [0.2, 0.25) is 5.56 Å². The highest BCUT2D eigenvalue weighted by Crippen LogP contribution is 2.13. The van der Waals surface area contributed by atoms with E-state index in [2.05, 4.69) is 4.98 Å². The molecule has 1 aromatic carbocycles. The van der Waals surface area contributed by atoms with Gasteiger partial charge in [0.25, 0.3) is 0 Å². The van der Waals surface area contributed by atoms with Crippen LogP contribution in [0.1, 0.15) is 0 Å². The Morgan fingerprint density at radius 2 is 2.17 bits per heavy atom. The zero-order valence-corrected chi connectivity index (χ0v) is 6.17. The van der Waals surface area contributed by atoms with Crippen LogP contribution in [0.3, 0.4) is 0 Å². The molecule has 2 nitrogen and oxygen atoms in total. The summed E-state index contributed by atoms with van der Waals surface area (Å²) in [7, 11) is 0. The molecule has 0 aliphatic heterocycles. The van der Waals surface area contributed by atoms with Crippen LogP contribution in [0.2, 0.25) is 0 Å². The zero-order chi connectivity index (χ0) is 8.55. The minimum Gasteiger partial charge on any atom is -0.328 e. The molecule has 3 heteroatoms. The number of H-pyrrole nitrogens is 1. The Kier molecular flexibility index (Phi) is 1.43. The summed E-state index contributed by atoms with van der Waals surface area (Å²) in [6, 6.07) is 5.94. The largest absolute Gasteiger partial charge is 0.328 e. The van der Waals surface area contributed by atoms with E-state index in [0.29, 0.717) is 10.8 Å². The first-order valence-corrected chi connectivity index (χ1v) is 3.54. The number of rotatable bonds is 0. The molecule has 0 amide bonds. The third-order valence-corrected chi connectivity index (χ3v) is 1.73. The number of nitrogens with one attached hydrogen (secondary N) is 1. The van der Waals surface area contributed by atoms with Crippen LogP contribution in [0.4, 0.5) is 4.39 Å². The maximum Gasteiger partial charge on any atom is 0.248 e. The second-order valence-corrected chi connectivity index (χ2v) is 2.54. The number of pyridine rings is 1. The van der Waals surface area contributed by atoms with Crippen LogP contribution in [0.5, 0.6) is 0 Å². The minimum absolute atomic E-state index is 0.285. The second-order valence-electron chi connectivity index (χ2n) is 2.54. The lowest BCUT2D eigenvalue weighted by Crippen LogP contribution is -2.02. The Balaban J connectivity index is 2.97. The summed E-state index contributed by atoms with van der Waals surface area (Å²) >= 11 is 0. The lowest BCUT2D eigenvalue weighted by Gasteiger charge is -1.95. The van der Waals surface area contributed by atoms with Crippen molar-refractivity contribution in [1.82, 2.24) is 4.98 Å². The van der Waals surface area contributed by atoms with Gasteiger partial charge in [-0.1, -0.05) is 12.1 Å². The van der Waals surface area contributed by atoms with Crippen molar-refractivity contribution in [3.05, 3.63) is 46.6 Å². The molecule has 0 radical (unpaired) electrons. The van der Waals surface area contributed by atoms with Gasteiger partial charge in [0.1, 0.15) is 5.82 Å². The number of hydrogen-bond acceptors (Lipinski definition) is 1. The van der Waals surface area contributed by atoms with Crippen molar-refractivity contribution in [2.24, 2.45) is 0 Å². The van der Waals surface area contributed by atoms with Crippen molar-refractivity contribution in [2.45, 2.75) is 0 Å². The number of fused-ring (bicyclic) bond motifs is 1. The van der Waals surface area contributed by atoms with Gasteiger partial charge in [0.05, 0.1) is 0 Å². The van der Waals surface area contributed by atoms with Gasteiger partial charge in [-0.3, -0.25) is 4.79 Å². The maximum absolute atomic E-state index is 13.0. The van der Waals surface area contributed by atoms with Gasteiger partial charge in [0.15, 0.2) is 0 Å². The van der Waals surface area contributed by atoms with Crippen LogP contribution in [0, 0.1) is 5.82 Å². The first-order chi connectivity index (χ1) is 5.77. The molecule has 1 N–H and O–H groups in total. The fourth-order valence-electron chi connectivity index (χ4n) is 1.15. The van der Waals surface area contributed by atoms with E-state index in [9.17, 15) is 9.18 Å². The highest BCUT2D eigenvalue weighted by atomic mass is 19.1. The average Bonchev–Trinajstić information content (AvgIpc) is 2.07. The van der Waals surface area contributed by atoms with Crippen molar-refractivity contribution in [1.29, 1.82) is 0 Å². The Bertz CT molecular complexity index is 475. The predicted molar refractivity (Wildman–Crippen MR) is 44.5 cm³/mol. The van der Waals surface area contributed by atoms with E-state index < -0.39 is 0 Å². The first kappa shape index (κ1) is 7.03. The van der Waals surface area contributed by atoms with Crippen LogP contribution < -0.4 is 5.56 Å². The molecule has 2 rings (SSSR count). The fraction of sp³-hybridized carbons (Fsp3) is 0. The van der Waals surface area contributed by atoms with Gasteiger partial charge < -0.3 is 4.98 Å². The van der Waals surface area contributed by atoms with Crippen LogP contribution in [-0.2, 0) is 0 Å². The molecule has 60 valence electrons. The molecule has 0 atom stereocenters. The molecule has 0 aliphatic rings. The van der Waals surface area contributed by atoms with E-state index >= 15 is 0 Å². The smallest absolute Gasteiger partial charge is 0.248 e. The molecule has 0 aliphatic carbocycles. The summed E-state index contributed by atoms with van der Waals surface area (Å²) in [5, 5.41) is 1.07. The normalized spacial score (nSPS) is 10.4. The lowest BCUT2D eigenvalue weighted by atomic mass is 10.2. The van der Waals surface area contributed by atoms with Gasteiger partial charge in [-0.2, -0.15) is 0 Å². The van der Waals surface area contributed by atoms with Gasteiger partial charge in [-0.15, -0.1) is 0 Å². The zero-order valence-electron chi connectivity index (χ0n) is 6.17. The summed E-state index contributed by atoms with van der Waals surface area (Å²) < 4.78 is 13.0. The SMILES string of the molecule is O=c1cc2c(F)cccc2c[nH]1. The third-order valence-electron chi connectivity index (χ3n) is 1.73. The number of halogens is 1. The summed E-state index contributed by atoms with van der Waals surface area (Å²) in [6.45, 7) is 0. The maximum atomic E-state index is 13.0. The quantitative estimate of drug-likeness (QED) is 0.629. The minimum atomic E-state index is -0.362. The summed E-state index contributed by atoms with van der Waals surface area (Å²) in [4.78, 5) is 13.3. The van der Waals surface area contributed by atoms with Crippen LogP contribution in [-0.4, -0.2) is 4.98 Å². The number of aromatic nitrogens is 1. The van der Waals surface area contributed by atoms with Crippen molar-refractivity contribution in [3.63, 3.8) is 0 Å². The standard InChI is InChI=1S/C9H6FNO/c10-8-3-1-2-6-5-11-9(12)4-7(6)8/h1-5H,(H,11,12). The predicted octanol–water partition coefficient (Wildman–Crippen LogP) is 1.67. The van der Waals surface area contributed by atoms with E-state index in [1.54, 1.807) is 12.1 Å². The monoisotopic (exact) mass is 163 g/mol. The van der Waals surface area contributed by atoms with E-state index in [-0.39, 0.29) is 11.4 Å². The molecule has 0 saturated heterocycles. The Hall–Kier alpha value is -1.64.